The van der Waals surface area contributed by atoms with E-state index in [-0.39, 0.29) is 5.54 Å². The summed E-state index contributed by atoms with van der Waals surface area (Å²) in [6.07, 6.45) is 3.81. The molecule has 2 fully saturated rings. The maximum absolute atomic E-state index is 11.4. The SMILES string of the molecule is CC(CN)(C1CC1)N1CCN(S(C)(=O)=O)CC1. The third kappa shape index (κ3) is 2.65. The third-order valence-electron chi connectivity index (χ3n) is 4.30. The Balaban J connectivity index is 1.99. The highest BCUT2D eigenvalue weighted by molar-refractivity contribution is 7.88. The lowest BCUT2D eigenvalue weighted by Crippen LogP contribution is -2.60. The molecule has 0 bridgehead atoms. The summed E-state index contributed by atoms with van der Waals surface area (Å²) in [6.45, 7) is 5.69. The van der Waals surface area contributed by atoms with Crippen LogP contribution in [0.25, 0.3) is 0 Å². The molecule has 0 aromatic rings. The van der Waals surface area contributed by atoms with E-state index in [4.69, 9.17) is 5.73 Å². The van der Waals surface area contributed by atoms with E-state index < -0.39 is 10.0 Å². The minimum atomic E-state index is -3.03. The number of sulfonamides is 1. The summed E-state index contributed by atoms with van der Waals surface area (Å²) in [7, 11) is -3.03. The van der Waals surface area contributed by atoms with Gasteiger partial charge in [0.1, 0.15) is 0 Å². The van der Waals surface area contributed by atoms with Crippen molar-refractivity contribution in [3.63, 3.8) is 0 Å². The van der Waals surface area contributed by atoms with Gasteiger partial charge in [0.25, 0.3) is 0 Å². The number of hydrogen-bond donors (Lipinski definition) is 1. The number of nitrogens with two attached hydrogens (primary N) is 1. The minimum Gasteiger partial charge on any atom is -0.329 e. The fourth-order valence-corrected chi connectivity index (χ4v) is 3.62. The highest BCUT2D eigenvalue weighted by atomic mass is 32.2. The van der Waals surface area contributed by atoms with Gasteiger partial charge in [0.2, 0.25) is 10.0 Å². The van der Waals surface area contributed by atoms with Crippen LogP contribution in [-0.2, 0) is 10.0 Å². The summed E-state index contributed by atoms with van der Waals surface area (Å²) < 4.78 is 24.4. The van der Waals surface area contributed by atoms with Crippen LogP contribution >= 0.6 is 0 Å². The Morgan fingerprint density at radius 1 is 1.24 bits per heavy atom. The molecule has 1 aliphatic carbocycles. The number of hydrogen-bond acceptors (Lipinski definition) is 4. The molecule has 1 atom stereocenters. The van der Waals surface area contributed by atoms with Crippen LogP contribution in [0.1, 0.15) is 19.8 Å². The van der Waals surface area contributed by atoms with E-state index in [1.54, 1.807) is 4.31 Å². The zero-order valence-electron chi connectivity index (χ0n) is 10.7. The lowest BCUT2D eigenvalue weighted by atomic mass is 9.93. The monoisotopic (exact) mass is 261 g/mol. The van der Waals surface area contributed by atoms with Crippen LogP contribution < -0.4 is 5.73 Å². The first kappa shape index (κ1) is 13.3. The summed E-state index contributed by atoms with van der Waals surface area (Å²) in [5, 5.41) is 0. The molecule has 1 heterocycles. The maximum Gasteiger partial charge on any atom is 0.211 e. The summed E-state index contributed by atoms with van der Waals surface area (Å²) in [5.74, 6) is 0.706. The van der Waals surface area contributed by atoms with E-state index in [0.29, 0.717) is 25.6 Å². The van der Waals surface area contributed by atoms with Crippen molar-refractivity contribution in [2.45, 2.75) is 25.3 Å². The first-order valence-corrected chi connectivity index (χ1v) is 8.13. The Bertz CT molecular complexity index is 372. The van der Waals surface area contributed by atoms with Gasteiger partial charge >= 0.3 is 0 Å². The summed E-state index contributed by atoms with van der Waals surface area (Å²) >= 11 is 0. The summed E-state index contributed by atoms with van der Waals surface area (Å²) in [5.41, 5.74) is 6.00. The van der Waals surface area contributed by atoms with Crippen LogP contribution in [0.2, 0.25) is 0 Å². The van der Waals surface area contributed by atoms with Crippen LogP contribution in [0.15, 0.2) is 0 Å². The van der Waals surface area contributed by atoms with E-state index in [0.717, 1.165) is 13.1 Å². The number of rotatable bonds is 4. The van der Waals surface area contributed by atoms with E-state index in [1.807, 2.05) is 0 Å². The van der Waals surface area contributed by atoms with Gasteiger partial charge in [0, 0.05) is 38.3 Å². The highest BCUT2D eigenvalue weighted by Gasteiger charge is 2.45. The van der Waals surface area contributed by atoms with Crippen molar-refractivity contribution < 1.29 is 8.42 Å². The second-order valence-corrected chi connectivity index (χ2v) is 7.47. The molecule has 1 saturated heterocycles. The quantitative estimate of drug-likeness (QED) is 0.754. The smallest absolute Gasteiger partial charge is 0.211 e. The molecule has 1 aliphatic heterocycles. The van der Waals surface area contributed by atoms with Crippen molar-refractivity contribution in [2.75, 3.05) is 39.0 Å². The van der Waals surface area contributed by atoms with Crippen LogP contribution in [0, 0.1) is 5.92 Å². The van der Waals surface area contributed by atoms with E-state index in [2.05, 4.69) is 11.8 Å². The summed E-state index contributed by atoms with van der Waals surface area (Å²) in [4.78, 5) is 2.38. The van der Waals surface area contributed by atoms with Gasteiger partial charge in [-0.1, -0.05) is 0 Å². The van der Waals surface area contributed by atoms with Crippen LogP contribution in [-0.4, -0.2) is 62.1 Å². The molecule has 5 nitrogen and oxygen atoms in total. The molecule has 2 aliphatic rings. The average molecular weight is 261 g/mol. The molecule has 6 heteroatoms. The highest BCUT2D eigenvalue weighted by Crippen LogP contribution is 2.42. The van der Waals surface area contributed by atoms with E-state index >= 15 is 0 Å². The van der Waals surface area contributed by atoms with Crippen LogP contribution in [0.5, 0.6) is 0 Å². The van der Waals surface area contributed by atoms with Gasteiger partial charge in [0.05, 0.1) is 6.26 Å². The Kier molecular flexibility index (Phi) is 3.51. The second-order valence-electron chi connectivity index (χ2n) is 5.48. The first-order chi connectivity index (χ1) is 7.88. The van der Waals surface area contributed by atoms with Gasteiger partial charge in [-0.05, 0) is 25.7 Å². The number of piperazine rings is 1. The van der Waals surface area contributed by atoms with Gasteiger partial charge < -0.3 is 5.73 Å². The molecule has 0 amide bonds. The topological polar surface area (TPSA) is 66.6 Å². The maximum atomic E-state index is 11.4. The second kappa shape index (κ2) is 4.50. The molecule has 0 radical (unpaired) electrons. The van der Waals surface area contributed by atoms with Crippen molar-refractivity contribution in [2.24, 2.45) is 11.7 Å². The fourth-order valence-electron chi connectivity index (χ4n) is 2.79. The molecule has 2 rings (SSSR count). The largest absolute Gasteiger partial charge is 0.329 e. The normalized spacial score (nSPS) is 27.9. The minimum absolute atomic E-state index is 0.0730. The Labute approximate surface area is 104 Å². The zero-order valence-corrected chi connectivity index (χ0v) is 11.5. The standard InChI is InChI=1S/C11H23N3O2S/c1-11(9-12,10-3-4-10)13-5-7-14(8-6-13)17(2,15)16/h10H,3-9,12H2,1-2H3. The molecule has 0 spiro atoms. The molecule has 2 N–H and O–H groups in total. The molecule has 1 unspecified atom stereocenters. The molecule has 1 saturated carbocycles. The average Bonchev–Trinajstić information content (AvgIpc) is 3.11. The van der Waals surface area contributed by atoms with Gasteiger partial charge in [-0.3, -0.25) is 4.90 Å². The predicted molar refractivity (Wildman–Crippen MR) is 68.2 cm³/mol. The van der Waals surface area contributed by atoms with Crippen molar-refractivity contribution >= 4 is 10.0 Å². The molecule has 0 aromatic heterocycles. The van der Waals surface area contributed by atoms with Crippen molar-refractivity contribution in [3.05, 3.63) is 0 Å². The van der Waals surface area contributed by atoms with E-state index in [9.17, 15) is 8.42 Å². The zero-order chi connectivity index (χ0) is 12.7. The number of nitrogens with zero attached hydrogens (tertiary/aromatic N) is 2. The first-order valence-electron chi connectivity index (χ1n) is 6.28. The van der Waals surface area contributed by atoms with Crippen molar-refractivity contribution in [1.29, 1.82) is 0 Å². The van der Waals surface area contributed by atoms with Gasteiger partial charge in [0.15, 0.2) is 0 Å². The molecule has 100 valence electrons. The molecular weight excluding hydrogens is 238 g/mol. The lowest BCUT2D eigenvalue weighted by molar-refractivity contribution is 0.0558. The Hall–Kier alpha value is -0.170. The molecule has 0 aromatic carbocycles. The van der Waals surface area contributed by atoms with E-state index in [1.165, 1.54) is 19.1 Å². The Morgan fingerprint density at radius 3 is 2.12 bits per heavy atom. The van der Waals surface area contributed by atoms with Crippen LogP contribution in [0.4, 0.5) is 0 Å². The van der Waals surface area contributed by atoms with Crippen LogP contribution in [0.3, 0.4) is 0 Å². The van der Waals surface area contributed by atoms with Gasteiger partial charge in [-0.25, -0.2) is 8.42 Å². The lowest BCUT2D eigenvalue weighted by Gasteiger charge is -2.45. The third-order valence-corrected chi connectivity index (χ3v) is 5.60. The Morgan fingerprint density at radius 2 is 1.76 bits per heavy atom. The van der Waals surface area contributed by atoms with Crippen molar-refractivity contribution in [1.82, 2.24) is 9.21 Å². The molecular formula is C11H23N3O2S. The predicted octanol–water partition coefficient (Wildman–Crippen LogP) is -0.309. The summed E-state index contributed by atoms with van der Waals surface area (Å²) in [6, 6.07) is 0. The van der Waals surface area contributed by atoms with Crippen molar-refractivity contribution in [3.8, 4) is 0 Å². The van der Waals surface area contributed by atoms with Gasteiger partial charge in [-0.2, -0.15) is 4.31 Å². The molecule has 17 heavy (non-hydrogen) atoms. The van der Waals surface area contributed by atoms with Gasteiger partial charge in [-0.15, -0.1) is 0 Å². The fraction of sp³-hybridized carbons (Fsp3) is 1.00.